The second-order valence-electron chi connectivity index (χ2n) is 5.27. The van der Waals surface area contributed by atoms with Gasteiger partial charge in [0.05, 0.1) is 9.82 Å². The fraction of sp³-hybridized carbons (Fsp3) is 0.538. The topological polar surface area (TPSA) is 101 Å². The summed E-state index contributed by atoms with van der Waals surface area (Å²) in [7, 11) is -3.71. The molecule has 0 amide bonds. The molecule has 1 aliphatic rings. The van der Waals surface area contributed by atoms with E-state index in [9.17, 15) is 18.5 Å². The zero-order valence-electron chi connectivity index (χ0n) is 11.8. The largest absolute Gasteiger partial charge is 0.316 e. The van der Waals surface area contributed by atoms with Gasteiger partial charge in [-0.2, -0.15) is 0 Å². The number of rotatable bonds is 5. The van der Waals surface area contributed by atoms with E-state index in [1.807, 2.05) is 0 Å². The van der Waals surface area contributed by atoms with Crippen LogP contribution in [0.2, 0.25) is 0 Å². The number of benzene rings is 1. The number of hydrogen-bond donors (Lipinski definition) is 2. The van der Waals surface area contributed by atoms with Crippen molar-refractivity contribution in [2.45, 2.75) is 24.7 Å². The van der Waals surface area contributed by atoms with Gasteiger partial charge in [-0.1, -0.05) is 6.07 Å². The van der Waals surface area contributed by atoms with E-state index in [-0.39, 0.29) is 16.5 Å². The van der Waals surface area contributed by atoms with Gasteiger partial charge in [-0.05, 0) is 44.8 Å². The maximum absolute atomic E-state index is 12.2. The van der Waals surface area contributed by atoms with Crippen molar-refractivity contribution in [3.05, 3.63) is 33.9 Å². The van der Waals surface area contributed by atoms with E-state index in [2.05, 4.69) is 10.0 Å². The van der Waals surface area contributed by atoms with Gasteiger partial charge in [-0.15, -0.1) is 0 Å². The molecule has 1 aromatic rings. The van der Waals surface area contributed by atoms with Crippen molar-refractivity contribution in [3.63, 3.8) is 0 Å². The van der Waals surface area contributed by atoms with E-state index in [1.165, 1.54) is 12.1 Å². The summed E-state index contributed by atoms with van der Waals surface area (Å²) in [5, 5.41) is 14.1. The summed E-state index contributed by atoms with van der Waals surface area (Å²) in [5.74, 6) is 0.258. The number of nitrogens with zero attached hydrogens (tertiary/aromatic N) is 1. The van der Waals surface area contributed by atoms with Gasteiger partial charge in [0.15, 0.2) is 0 Å². The zero-order chi connectivity index (χ0) is 15.5. The van der Waals surface area contributed by atoms with Crippen LogP contribution in [0.1, 0.15) is 18.4 Å². The number of nitro benzene ring substituents is 1. The van der Waals surface area contributed by atoms with Gasteiger partial charge in [0, 0.05) is 18.2 Å². The highest BCUT2D eigenvalue weighted by Crippen LogP contribution is 2.22. The van der Waals surface area contributed by atoms with Gasteiger partial charge in [0.2, 0.25) is 10.0 Å². The lowest BCUT2D eigenvalue weighted by Gasteiger charge is -2.22. The summed E-state index contributed by atoms with van der Waals surface area (Å²) in [5.41, 5.74) is 0.257. The fourth-order valence-electron chi connectivity index (χ4n) is 2.36. The van der Waals surface area contributed by atoms with Gasteiger partial charge in [0.25, 0.3) is 5.69 Å². The Bertz CT molecular complexity index is 624. The second-order valence-corrected chi connectivity index (χ2v) is 7.04. The van der Waals surface area contributed by atoms with E-state index >= 15 is 0 Å². The van der Waals surface area contributed by atoms with Crippen LogP contribution in [0.25, 0.3) is 0 Å². The lowest BCUT2D eigenvalue weighted by molar-refractivity contribution is -0.385. The Morgan fingerprint density at radius 1 is 1.48 bits per heavy atom. The fourth-order valence-corrected chi connectivity index (χ4v) is 3.50. The van der Waals surface area contributed by atoms with Crippen molar-refractivity contribution in [2.75, 3.05) is 19.6 Å². The van der Waals surface area contributed by atoms with Crippen molar-refractivity contribution in [1.82, 2.24) is 10.0 Å². The summed E-state index contributed by atoms with van der Waals surface area (Å²) in [6.45, 7) is 3.68. The minimum absolute atomic E-state index is 0.0661. The SMILES string of the molecule is Cc1ccc(S(=O)(=O)NCC2CCCNC2)cc1[N+](=O)[O-]. The van der Waals surface area contributed by atoms with Gasteiger partial charge < -0.3 is 5.32 Å². The maximum atomic E-state index is 12.2. The number of nitrogens with one attached hydrogen (secondary N) is 2. The normalized spacial score (nSPS) is 19.4. The third kappa shape index (κ3) is 3.99. The van der Waals surface area contributed by atoms with Crippen LogP contribution in [-0.2, 0) is 10.0 Å². The average Bonchev–Trinajstić information content (AvgIpc) is 2.46. The summed E-state index contributed by atoms with van der Waals surface area (Å²) in [6.07, 6.45) is 2.01. The summed E-state index contributed by atoms with van der Waals surface area (Å²) >= 11 is 0. The quantitative estimate of drug-likeness (QED) is 0.628. The number of piperidine rings is 1. The van der Waals surface area contributed by atoms with E-state index in [4.69, 9.17) is 0 Å². The molecular weight excluding hydrogens is 294 g/mol. The molecule has 116 valence electrons. The molecule has 8 heteroatoms. The van der Waals surface area contributed by atoms with Crippen LogP contribution in [0, 0.1) is 23.0 Å². The highest BCUT2D eigenvalue weighted by Gasteiger charge is 2.21. The average molecular weight is 313 g/mol. The first-order valence-corrected chi connectivity index (χ1v) is 8.34. The van der Waals surface area contributed by atoms with Crippen LogP contribution in [-0.4, -0.2) is 33.0 Å². The highest BCUT2D eigenvalue weighted by molar-refractivity contribution is 7.89. The molecule has 0 aliphatic carbocycles. The molecule has 2 rings (SSSR count). The monoisotopic (exact) mass is 313 g/mol. The number of aryl methyl sites for hydroxylation is 1. The first-order chi connectivity index (χ1) is 9.90. The molecule has 1 aromatic carbocycles. The predicted octanol–water partition coefficient (Wildman–Crippen LogP) is 1.18. The van der Waals surface area contributed by atoms with Crippen LogP contribution in [0.15, 0.2) is 23.1 Å². The minimum Gasteiger partial charge on any atom is -0.316 e. The van der Waals surface area contributed by atoms with Crippen molar-refractivity contribution < 1.29 is 13.3 Å². The van der Waals surface area contributed by atoms with Crippen molar-refractivity contribution >= 4 is 15.7 Å². The molecular formula is C13H19N3O4S. The Kier molecular flexibility index (Phi) is 4.92. The third-order valence-electron chi connectivity index (χ3n) is 3.65. The van der Waals surface area contributed by atoms with Gasteiger partial charge in [-0.25, -0.2) is 13.1 Å². The van der Waals surface area contributed by atoms with Crippen LogP contribution in [0.5, 0.6) is 0 Å². The van der Waals surface area contributed by atoms with E-state index < -0.39 is 14.9 Å². The predicted molar refractivity (Wildman–Crippen MR) is 78.6 cm³/mol. The van der Waals surface area contributed by atoms with Crippen LogP contribution < -0.4 is 10.0 Å². The highest BCUT2D eigenvalue weighted by atomic mass is 32.2. The maximum Gasteiger partial charge on any atom is 0.273 e. The molecule has 1 unspecified atom stereocenters. The molecule has 1 fully saturated rings. The third-order valence-corrected chi connectivity index (χ3v) is 5.07. The smallest absolute Gasteiger partial charge is 0.273 e. The lowest BCUT2D eigenvalue weighted by atomic mass is 10.0. The second kappa shape index (κ2) is 6.50. The molecule has 7 nitrogen and oxygen atoms in total. The van der Waals surface area contributed by atoms with E-state index in [1.54, 1.807) is 6.92 Å². The van der Waals surface area contributed by atoms with Gasteiger partial charge >= 0.3 is 0 Å². The Hall–Kier alpha value is -1.51. The van der Waals surface area contributed by atoms with Crippen molar-refractivity contribution in [1.29, 1.82) is 0 Å². The molecule has 2 N–H and O–H groups in total. The van der Waals surface area contributed by atoms with E-state index in [0.717, 1.165) is 32.0 Å². The molecule has 1 aliphatic heterocycles. The molecule has 0 aromatic heterocycles. The standard InChI is InChI=1S/C13H19N3O4S/c1-10-4-5-12(7-13(10)16(17)18)21(19,20)15-9-11-3-2-6-14-8-11/h4-5,7,11,14-15H,2-3,6,8-9H2,1H3. The molecule has 0 radical (unpaired) electrons. The first-order valence-electron chi connectivity index (χ1n) is 6.85. The molecule has 1 saturated heterocycles. The Morgan fingerprint density at radius 3 is 2.86 bits per heavy atom. The van der Waals surface area contributed by atoms with E-state index in [0.29, 0.717) is 12.1 Å². The summed E-state index contributed by atoms with van der Waals surface area (Å²) in [6, 6.07) is 3.95. The lowest BCUT2D eigenvalue weighted by Crippen LogP contribution is -2.38. The van der Waals surface area contributed by atoms with Crippen LogP contribution >= 0.6 is 0 Å². The van der Waals surface area contributed by atoms with Gasteiger partial charge in [0.1, 0.15) is 0 Å². The molecule has 1 heterocycles. The van der Waals surface area contributed by atoms with Gasteiger partial charge in [-0.3, -0.25) is 10.1 Å². The van der Waals surface area contributed by atoms with Crippen molar-refractivity contribution in [2.24, 2.45) is 5.92 Å². The summed E-state index contributed by atoms with van der Waals surface area (Å²) in [4.78, 5) is 10.3. The molecule has 0 saturated carbocycles. The molecule has 21 heavy (non-hydrogen) atoms. The number of sulfonamides is 1. The molecule has 1 atom stereocenters. The minimum atomic E-state index is -3.71. The molecule has 0 bridgehead atoms. The summed E-state index contributed by atoms with van der Waals surface area (Å²) < 4.78 is 27.0. The first kappa shape index (κ1) is 15.9. The number of nitro groups is 1. The van der Waals surface area contributed by atoms with Crippen molar-refractivity contribution in [3.8, 4) is 0 Å². The van der Waals surface area contributed by atoms with Crippen LogP contribution in [0.3, 0.4) is 0 Å². The molecule has 0 spiro atoms. The van der Waals surface area contributed by atoms with Crippen LogP contribution in [0.4, 0.5) is 5.69 Å². The number of hydrogen-bond acceptors (Lipinski definition) is 5. The Morgan fingerprint density at radius 2 is 2.24 bits per heavy atom. The zero-order valence-corrected chi connectivity index (χ0v) is 12.6. The Balaban J connectivity index is 2.11. The Labute approximate surface area is 123 Å².